The van der Waals surface area contributed by atoms with Crippen molar-refractivity contribution in [2.24, 2.45) is 0 Å². The number of unbranched alkanes of at least 4 members (excludes halogenated alkanes) is 9. The Morgan fingerprint density at radius 1 is 0.833 bits per heavy atom. The molecule has 0 aliphatic rings. The molecule has 0 radical (unpaired) electrons. The molecule has 0 fully saturated rings. The molecule has 0 aromatic rings. The van der Waals surface area contributed by atoms with Crippen LogP contribution in [0, 0.1) is 0 Å². The summed E-state index contributed by atoms with van der Waals surface area (Å²) in [5.74, 6) is -0.679. The van der Waals surface area contributed by atoms with E-state index in [1.54, 1.807) is 0 Å². The highest BCUT2D eigenvalue weighted by Crippen LogP contribution is 2.09. The maximum atomic E-state index is 10.3. The van der Waals surface area contributed by atoms with E-state index in [9.17, 15) is 4.79 Å². The van der Waals surface area contributed by atoms with Crippen molar-refractivity contribution in [3.63, 3.8) is 0 Å². The fourth-order valence-electron chi connectivity index (χ4n) is 1.99. The van der Waals surface area contributed by atoms with Gasteiger partial charge in [0.05, 0.1) is 0 Å². The van der Waals surface area contributed by atoms with E-state index in [2.05, 4.69) is 19.1 Å². The third-order valence-electron chi connectivity index (χ3n) is 3.15. The van der Waals surface area contributed by atoms with E-state index in [0.717, 1.165) is 19.3 Å². The Morgan fingerprint density at radius 2 is 1.33 bits per heavy atom. The van der Waals surface area contributed by atoms with Gasteiger partial charge in [0.2, 0.25) is 0 Å². The van der Waals surface area contributed by atoms with Crippen molar-refractivity contribution in [1.29, 1.82) is 0 Å². The van der Waals surface area contributed by atoms with Crippen LogP contribution in [0.4, 0.5) is 0 Å². The fourth-order valence-corrected chi connectivity index (χ4v) is 1.99. The van der Waals surface area contributed by atoms with Crippen molar-refractivity contribution < 1.29 is 9.90 Å². The number of carboxylic acids is 1. The van der Waals surface area contributed by atoms with E-state index in [1.807, 2.05) is 0 Å². The molecule has 0 spiro atoms. The number of allylic oxidation sites excluding steroid dienone is 2. The van der Waals surface area contributed by atoms with Crippen molar-refractivity contribution in [2.75, 3.05) is 0 Å². The maximum Gasteiger partial charge on any atom is 0.303 e. The summed E-state index contributed by atoms with van der Waals surface area (Å²) in [6, 6.07) is 0. The smallest absolute Gasteiger partial charge is 0.303 e. The normalized spacial score (nSPS) is 11.2. The third-order valence-corrected chi connectivity index (χ3v) is 3.15. The Kier molecular flexibility index (Phi) is 13.6. The predicted molar refractivity (Wildman–Crippen MR) is 77.9 cm³/mol. The minimum absolute atomic E-state index is 0.311. The lowest BCUT2D eigenvalue weighted by molar-refractivity contribution is -0.137. The van der Waals surface area contributed by atoms with Crippen LogP contribution in [-0.4, -0.2) is 11.1 Å². The minimum Gasteiger partial charge on any atom is -0.481 e. The lowest BCUT2D eigenvalue weighted by Gasteiger charge is -1.99. The van der Waals surface area contributed by atoms with Crippen LogP contribution >= 0.6 is 0 Å². The summed E-state index contributed by atoms with van der Waals surface area (Å²) in [6.45, 7) is 2.25. The molecule has 106 valence electrons. The molecular formula is C16H30O2. The molecule has 0 aromatic carbocycles. The van der Waals surface area contributed by atoms with Crippen LogP contribution in [0.5, 0.6) is 0 Å². The first-order valence-corrected chi connectivity index (χ1v) is 7.64. The van der Waals surface area contributed by atoms with Crippen LogP contribution < -0.4 is 0 Å². The summed E-state index contributed by atoms with van der Waals surface area (Å²) >= 11 is 0. The molecule has 0 aliphatic carbocycles. The van der Waals surface area contributed by atoms with E-state index in [4.69, 9.17) is 5.11 Å². The van der Waals surface area contributed by atoms with Gasteiger partial charge in [0.15, 0.2) is 0 Å². The van der Waals surface area contributed by atoms with Crippen molar-refractivity contribution in [3.05, 3.63) is 12.2 Å². The standard InChI is InChI=1S/C16H30O2/c1-2-3-4-5-6-7-8-9-10-11-12-13-14-15-16(17)18/h10-11H,2-9,12-15H2,1H3,(H,17,18). The Labute approximate surface area is 112 Å². The summed E-state index contributed by atoms with van der Waals surface area (Å²) < 4.78 is 0. The highest BCUT2D eigenvalue weighted by atomic mass is 16.4. The molecule has 0 aromatic heterocycles. The molecule has 0 bridgehead atoms. The number of aliphatic carboxylic acids is 1. The molecule has 0 unspecified atom stereocenters. The van der Waals surface area contributed by atoms with Gasteiger partial charge in [0.25, 0.3) is 0 Å². The van der Waals surface area contributed by atoms with E-state index in [-0.39, 0.29) is 0 Å². The number of carboxylic acid groups (broad SMARTS) is 1. The summed E-state index contributed by atoms with van der Waals surface area (Å²) in [5.41, 5.74) is 0. The minimum atomic E-state index is -0.679. The van der Waals surface area contributed by atoms with E-state index < -0.39 is 5.97 Å². The monoisotopic (exact) mass is 254 g/mol. The highest BCUT2D eigenvalue weighted by molar-refractivity contribution is 5.66. The molecule has 0 saturated carbocycles. The maximum absolute atomic E-state index is 10.3. The summed E-state index contributed by atoms with van der Waals surface area (Å²) in [4.78, 5) is 10.3. The molecule has 18 heavy (non-hydrogen) atoms. The quantitative estimate of drug-likeness (QED) is 0.356. The Balaban J connectivity index is 3.06. The zero-order valence-electron chi connectivity index (χ0n) is 12.0. The zero-order valence-corrected chi connectivity index (χ0v) is 12.0. The molecule has 0 rings (SSSR count). The van der Waals surface area contributed by atoms with Gasteiger partial charge in [-0.1, -0.05) is 57.6 Å². The van der Waals surface area contributed by atoms with E-state index in [1.165, 1.54) is 51.4 Å². The van der Waals surface area contributed by atoms with Gasteiger partial charge >= 0.3 is 5.97 Å². The van der Waals surface area contributed by atoms with Gasteiger partial charge in [-0.25, -0.2) is 0 Å². The van der Waals surface area contributed by atoms with Crippen molar-refractivity contribution in [1.82, 2.24) is 0 Å². The molecule has 1 N–H and O–H groups in total. The Bertz CT molecular complexity index is 209. The third kappa shape index (κ3) is 15.2. The van der Waals surface area contributed by atoms with Gasteiger partial charge in [-0.2, -0.15) is 0 Å². The first-order valence-electron chi connectivity index (χ1n) is 7.64. The largest absolute Gasteiger partial charge is 0.481 e. The second-order valence-electron chi connectivity index (χ2n) is 5.02. The number of rotatable bonds is 13. The van der Waals surface area contributed by atoms with Gasteiger partial charge in [0, 0.05) is 6.42 Å². The SMILES string of the molecule is CCCCCCCCCC=CCCCCC(=O)O. The number of carbonyl (C=O) groups is 1. The molecule has 2 heteroatoms. The van der Waals surface area contributed by atoms with Gasteiger partial charge in [-0.15, -0.1) is 0 Å². The average Bonchev–Trinajstić information content (AvgIpc) is 2.34. The van der Waals surface area contributed by atoms with Gasteiger partial charge in [-0.3, -0.25) is 4.79 Å². The molecule has 0 saturated heterocycles. The van der Waals surface area contributed by atoms with Gasteiger partial charge in [-0.05, 0) is 32.1 Å². The molecule has 0 amide bonds. The molecule has 0 aliphatic heterocycles. The van der Waals surface area contributed by atoms with E-state index >= 15 is 0 Å². The molecular weight excluding hydrogens is 224 g/mol. The fraction of sp³-hybridized carbons (Fsp3) is 0.812. The van der Waals surface area contributed by atoms with Crippen LogP contribution in [-0.2, 0) is 4.79 Å². The summed E-state index contributed by atoms with van der Waals surface area (Å²) in [5, 5.41) is 8.47. The first kappa shape index (κ1) is 17.2. The van der Waals surface area contributed by atoms with Crippen LogP contribution in [0.1, 0.15) is 84.0 Å². The van der Waals surface area contributed by atoms with Crippen LogP contribution in [0.3, 0.4) is 0 Å². The second kappa shape index (κ2) is 14.3. The van der Waals surface area contributed by atoms with Crippen molar-refractivity contribution >= 4 is 5.97 Å². The van der Waals surface area contributed by atoms with Crippen LogP contribution in [0.25, 0.3) is 0 Å². The van der Waals surface area contributed by atoms with Crippen molar-refractivity contribution in [2.45, 2.75) is 84.0 Å². The lowest BCUT2D eigenvalue weighted by Crippen LogP contribution is -1.92. The summed E-state index contributed by atoms with van der Waals surface area (Å²) in [7, 11) is 0. The topological polar surface area (TPSA) is 37.3 Å². The number of hydrogen-bond donors (Lipinski definition) is 1. The van der Waals surface area contributed by atoms with E-state index in [0.29, 0.717) is 6.42 Å². The highest BCUT2D eigenvalue weighted by Gasteiger charge is 1.94. The van der Waals surface area contributed by atoms with Gasteiger partial charge in [0.1, 0.15) is 0 Å². The molecule has 0 heterocycles. The average molecular weight is 254 g/mol. The second-order valence-corrected chi connectivity index (χ2v) is 5.02. The van der Waals surface area contributed by atoms with Gasteiger partial charge < -0.3 is 5.11 Å². The Hall–Kier alpha value is -0.790. The predicted octanol–water partition coefficient (Wildman–Crippen LogP) is 5.33. The first-order chi connectivity index (χ1) is 8.77. The van der Waals surface area contributed by atoms with Crippen molar-refractivity contribution in [3.8, 4) is 0 Å². The van der Waals surface area contributed by atoms with Crippen LogP contribution in [0.15, 0.2) is 12.2 Å². The Morgan fingerprint density at radius 3 is 1.89 bits per heavy atom. The zero-order chi connectivity index (χ0) is 13.5. The molecule has 2 nitrogen and oxygen atoms in total. The lowest BCUT2D eigenvalue weighted by atomic mass is 10.1. The molecule has 0 atom stereocenters. The number of hydrogen-bond acceptors (Lipinski definition) is 1. The van der Waals surface area contributed by atoms with Crippen LogP contribution in [0.2, 0.25) is 0 Å². The summed E-state index contributed by atoms with van der Waals surface area (Å²) in [6.07, 6.45) is 18.3.